The largest absolute Gasteiger partial charge is 0.320 e. The van der Waals surface area contributed by atoms with Gasteiger partial charge < -0.3 is 5.32 Å². The van der Waals surface area contributed by atoms with Crippen LogP contribution in [0.2, 0.25) is 5.02 Å². The van der Waals surface area contributed by atoms with Crippen LogP contribution >= 0.6 is 11.6 Å². The van der Waals surface area contributed by atoms with E-state index in [1.54, 1.807) is 0 Å². The van der Waals surface area contributed by atoms with Gasteiger partial charge in [-0.2, -0.15) is 4.31 Å². The lowest BCUT2D eigenvalue weighted by Crippen LogP contribution is -2.41. The van der Waals surface area contributed by atoms with Crippen LogP contribution < -0.4 is 5.32 Å². The molecule has 0 unspecified atom stereocenters. The third-order valence-electron chi connectivity index (χ3n) is 4.61. The number of nitrogens with zero attached hydrogens (tertiary/aromatic N) is 3. The quantitative estimate of drug-likeness (QED) is 0.561. The molecule has 29 heavy (non-hydrogen) atoms. The van der Waals surface area contributed by atoms with Gasteiger partial charge in [0.25, 0.3) is 0 Å². The van der Waals surface area contributed by atoms with E-state index < -0.39 is 32.6 Å². The zero-order chi connectivity index (χ0) is 21.2. The Morgan fingerprint density at radius 2 is 2.00 bits per heavy atom. The van der Waals surface area contributed by atoms with E-state index >= 15 is 0 Å². The van der Waals surface area contributed by atoms with E-state index in [0.717, 1.165) is 24.4 Å². The highest BCUT2D eigenvalue weighted by molar-refractivity contribution is 7.89. The molecule has 2 heterocycles. The van der Waals surface area contributed by atoms with Crippen LogP contribution in [0.25, 0.3) is 0 Å². The predicted octanol–water partition coefficient (Wildman–Crippen LogP) is 2.82. The summed E-state index contributed by atoms with van der Waals surface area (Å²) in [6, 6.07) is 4.50. The maximum absolute atomic E-state index is 13.3. The summed E-state index contributed by atoms with van der Waals surface area (Å²) in [6.45, 7) is 0.154. The van der Waals surface area contributed by atoms with Crippen LogP contribution in [0.3, 0.4) is 0 Å². The second kappa shape index (κ2) is 8.39. The Kier molecular flexibility index (Phi) is 6.10. The van der Waals surface area contributed by atoms with Crippen LogP contribution in [-0.4, -0.2) is 41.6 Å². The van der Waals surface area contributed by atoms with Gasteiger partial charge in [-0.05, 0) is 37.1 Å². The number of carbonyl (C=O) groups is 1. The van der Waals surface area contributed by atoms with Crippen LogP contribution in [0.5, 0.6) is 0 Å². The molecule has 12 heteroatoms. The lowest BCUT2D eigenvalue weighted by molar-refractivity contribution is -0.384. The molecule has 1 amide bonds. The van der Waals surface area contributed by atoms with Gasteiger partial charge in [0, 0.05) is 25.2 Å². The number of anilines is 1. The molecule has 1 aliphatic rings. The lowest BCUT2D eigenvalue weighted by Gasteiger charge is -2.30. The summed E-state index contributed by atoms with van der Waals surface area (Å²) in [5.74, 6) is -1.65. The number of aromatic nitrogens is 1. The van der Waals surface area contributed by atoms with Gasteiger partial charge in [-0.1, -0.05) is 11.6 Å². The Morgan fingerprint density at radius 1 is 1.31 bits per heavy atom. The van der Waals surface area contributed by atoms with Crippen LogP contribution in [0.4, 0.5) is 15.8 Å². The molecule has 154 valence electrons. The average molecular weight is 443 g/mol. The molecule has 1 aromatic carbocycles. The molecule has 0 saturated carbocycles. The first kappa shape index (κ1) is 21.1. The molecular weight excluding hydrogens is 427 g/mol. The summed E-state index contributed by atoms with van der Waals surface area (Å²) in [5.41, 5.74) is -0.292. The fraction of sp³-hybridized carbons (Fsp3) is 0.294. The molecule has 3 rings (SSSR count). The number of carbonyl (C=O) groups excluding carboxylic acids is 1. The Hall–Kier alpha value is -2.63. The fourth-order valence-corrected chi connectivity index (χ4v) is 4.76. The Balaban J connectivity index is 1.66. The second-order valence-electron chi connectivity index (χ2n) is 6.39. The first-order valence-electron chi connectivity index (χ1n) is 8.54. The van der Waals surface area contributed by atoms with E-state index in [2.05, 4.69) is 10.3 Å². The van der Waals surface area contributed by atoms with Crippen LogP contribution in [0.1, 0.15) is 12.8 Å². The van der Waals surface area contributed by atoms with Gasteiger partial charge in [0.15, 0.2) is 0 Å². The van der Waals surface area contributed by atoms with Gasteiger partial charge in [0.1, 0.15) is 17.7 Å². The highest BCUT2D eigenvalue weighted by Crippen LogP contribution is 2.28. The van der Waals surface area contributed by atoms with Crippen molar-refractivity contribution in [2.45, 2.75) is 17.7 Å². The van der Waals surface area contributed by atoms with Crippen molar-refractivity contribution in [3.05, 3.63) is 57.6 Å². The lowest BCUT2D eigenvalue weighted by atomic mass is 9.97. The predicted molar refractivity (Wildman–Crippen MR) is 102 cm³/mol. The number of sulfonamides is 1. The number of benzene rings is 1. The minimum Gasteiger partial charge on any atom is -0.320 e. The van der Waals surface area contributed by atoms with Gasteiger partial charge in [0.05, 0.1) is 14.8 Å². The standard InChI is InChI=1S/C17H16ClFN4O5S/c18-13-9-12(1-2-14(13)19)29(27,28)22-7-4-11(5-8-22)17(24)21-15-3-6-20-10-16(15)23(25)26/h1-3,6,9-11H,4-5,7-8H2,(H,20,21,24). The number of nitro groups is 1. The van der Waals surface area contributed by atoms with E-state index in [4.69, 9.17) is 11.6 Å². The summed E-state index contributed by atoms with van der Waals surface area (Å²) in [5, 5.41) is 13.2. The van der Waals surface area contributed by atoms with E-state index in [9.17, 15) is 27.7 Å². The first-order chi connectivity index (χ1) is 13.7. The minimum absolute atomic E-state index is 0.0333. The van der Waals surface area contributed by atoms with Crippen LogP contribution in [-0.2, 0) is 14.8 Å². The molecule has 9 nitrogen and oxygen atoms in total. The number of rotatable bonds is 5. The third-order valence-corrected chi connectivity index (χ3v) is 6.79. The van der Waals surface area contributed by atoms with Crippen molar-refractivity contribution in [1.82, 2.24) is 9.29 Å². The minimum atomic E-state index is -3.87. The number of hydrogen-bond acceptors (Lipinski definition) is 6. The molecule has 1 N–H and O–H groups in total. The topological polar surface area (TPSA) is 123 Å². The first-order valence-corrected chi connectivity index (χ1v) is 10.4. The van der Waals surface area contributed by atoms with E-state index in [-0.39, 0.29) is 47.2 Å². The summed E-state index contributed by atoms with van der Waals surface area (Å²) >= 11 is 5.67. The van der Waals surface area contributed by atoms with Crippen molar-refractivity contribution < 1.29 is 22.5 Å². The summed E-state index contributed by atoms with van der Waals surface area (Å²) < 4.78 is 39.9. The highest BCUT2D eigenvalue weighted by atomic mass is 35.5. The molecule has 0 atom stereocenters. The molecule has 0 aliphatic carbocycles. The van der Waals surface area contributed by atoms with Gasteiger partial charge in [-0.15, -0.1) is 0 Å². The molecule has 2 aromatic rings. The number of pyridine rings is 1. The maximum atomic E-state index is 13.3. The molecule has 1 aromatic heterocycles. The molecule has 1 aliphatic heterocycles. The second-order valence-corrected chi connectivity index (χ2v) is 8.74. The highest BCUT2D eigenvalue weighted by Gasteiger charge is 2.33. The maximum Gasteiger partial charge on any atom is 0.310 e. The molecule has 0 radical (unpaired) electrons. The van der Waals surface area contributed by atoms with Crippen molar-refractivity contribution in [1.29, 1.82) is 0 Å². The molecule has 0 bridgehead atoms. The van der Waals surface area contributed by atoms with Crippen LogP contribution in [0, 0.1) is 21.8 Å². The van der Waals surface area contributed by atoms with E-state index in [1.165, 1.54) is 16.6 Å². The summed E-state index contributed by atoms with van der Waals surface area (Å²) in [7, 11) is -3.87. The summed E-state index contributed by atoms with van der Waals surface area (Å²) in [4.78, 5) is 26.4. The number of nitrogens with one attached hydrogen (secondary N) is 1. The van der Waals surface area contributed by atoms with Crippen molar-refractivity contribution in [3.8, 4) is 0 Å². The molecule has 1 saturated heterocycles. The number of hydrogen-bond donors (Lipinski definition) is 1. The Labute approximate surface area is 170 Å². The smallest absolute Gasteiger partial charge is 0.310 e. The van der Waals surface area contributed by atoms with Gasteiger partial charge in [-0.3, -0.25) is 19.9 Å². The van der Waals surface area contributed by atoms with E-state index in [1.807, 2.05) is 0 Å². The number of amides is 1. The van der Waals surface area contributed by atoms with Crippen molar-refractivity contribution in [2.24, 2.45) is 5.92 Å². The Morgan fingerprint density at radius 3 is 2.62 bits per heavy atom. The number of halogens is 2. The summed E-state index contributed by atoms with van der Waals surface area (Å²) in [6.07, 6.45) is 2.84. The molecule has 0 spiro atoms. The van der Waals surface area contributed by atoms with E-state index in [0.29, 0.717) is 0 Å². The normalized spacial score (nSPS) is 15.8. The number of piperidine rings is 1. The van der Waals surface area contributed by atoms with Crippen molar-refractivity contribution in [3.63, 3.8) is 0 Å². The SMILES string of the molecule is O=C(Nc1ccncc1[N+](=O)[O-])C1CCN(S(=O)(=O)c2ccc(F)c(Cl)c2)CC1. The van der Waals surface area contributed by atoms with Gasteiger partial charge in [-0.25, -0.2) is 12.8 Å². The molecule has 1 fully saturated rings. The third kappa shape index (κ3) is 4.52. The average Bonchev–Trinajstić information content (AvgIpc) is 2.70. The zero-order valence-corrected chi connectivity index (χ0v) is 16.5. The van der Waals surface area contributed by atoms with Crippen molar-refractivity contribution in [2.75, 3.05) is 18.4 Å². The van der Waals surface area contributed by atoms with Crippen molar-refractivity contribution >= 4 is 38.9 Å². The zero-order valence-electron chi connectivity index (χ0n) is 14.9. The Bertz CT molecular complexity index is 1060. The van der Waals surface area contributed by atoms with Gasteiger partial charge in [0.2, 0.25) is 15.9 Å². The van der Waals surface area contributed by atoms with Crippen LogP contribution in [0.15, 0.2) is 41.6 Å². The van der Waals surface area contributed by atoms with Gasteiger partial charge >= 0.3 is 5.69 Å². The molecular formula is C17H16ClFN4O5S. The fourth-order valence-electron chi connectivity index (χ4n) is 3.02. The monoisotopic (exact) mass is 442 g/mol.